The van der Waals surface area contributed by atoms with Crippen LogP contribution in [0.2, 0.25) is 0 Å². The van der Waals surface area contributed by atoms with E-state index in [1.165, 1.54) is 0 Å². The van der Waals surface area contributed by atoms with E-state index in [9.17, 15) is 10.1 Å². The van der Waals surface area contributed by atoms with Gasteiger partial charge in [0.25, 0.3) is 0 Å². The molecule has 0 aromatic heterocycles. The number of rotatable bonds is 3. The van der Waals surface area contributed by atoms with E-state index >= 15 is 0 Å². The first-order valence-electron chi connectivity index (χ1n) is 7.42. The van der Waals surface area contributed by atoms with Crippen LogP contribution in [-0.4, -0.2) is 48.9 Å². The van der Waals surface area contributed by atoms with Crippen molar-refractivity contribution in [3.05, 3.63) is 35.9 Å². The molecular formula is C17H23N3O. The van der Waals surface area contributed by atoms with Gasteiger partial charge in [-0.15, -0.1) is 0 Å². The first-order chi connectivity index (χ1) is 10.00. The summed E-state index contributed by atoms with van der Waals surface area (Å²) in [4.78, 5) is 16.2. The van der Waals surface area contributed by atoms with Gasteiger partial charge in [-0.1, -0.05) is 30.3 Å². The van der Waals surface area contributed by atoms with Gasteiger partial charge in [0.1, 0.15) is 0 Å². The summed E-state index contributed by atoms with van der Waals surface area (Å²) in [6.45, 7) is 3.23. The Morgan fingerprint density at radius 2 is 1.86 bits per heavy atom. The zero-order chi connectivity index (χ0) is 15.5. The van der Waals surface area contributed by atoms with Crippen molar-refractivity contribution < 1.29 is 4.79 Å². The largest absolute Gasteiger partial charge is 0.341 e. The summed E-state index contributed by atoms with van der Waals surface area (Å²) in [6, 6.07) is 12.3. The van der Waals surface area contributed by atoms with Crippen LogP contribution in [0.25, 0.3) is 0 Å². The Morgan fingerprint density at radius 3 is 2.33 bits per heavy atom. The molecule has 1 atom stereocenters. The third-order valence-electron chi connectivity index (χ3n) is 4.60. The van der Waals surface area contributed by atoms with Crippen LogP contribution in [0, 0.1) is 11.3 Å². The van der Waals surface area contributed by atoms with Crippen molar-refractivity contribution in [3.8, 4) is 6.07 Å². The Balaban J connectivity index is 2.09. The number of nitriles is 1. The van der Waals surface area contributed by atoms with Gasteiger partial charge >= 0.3 is 0 Å². The highest BCUT2D eigenvalue weighted by atomic mass is 16.2. The molecular weight excluding hydrogens is 262 g/mol. The predicted octanol–water partition coefficient (Wildman–Crippen LogP) is 2.02. The molecule has 0 aliphatic carbocycles. The molecule has 1 aromatic carbocycles. The highest BCUT2D eigenvalue weighted by molar-refractivity contribution is 5.81. The van der Waals surface area contributed by atoms with E-state index in [4.69, 9.17) is 0 Å². The lowest BCUT2D eigenvalue weighted by Crippen LogP contribution is -2.50. The minimum Gasteiger partial charge on any atom is -0.341 e. The lowest BCUT2D eigenvalue weighted by Gasteiger charge is -2.39. The first-order valence-corrected chi connectivity index (χ1v) is 7.42. The summed E-state index contributed by atoms with van der Waals surface area (Å²) in [7, 11) is 3.83. The minimum atomic E-state index is -0.445. The van der Waals surface area contributed by atoms with E-state index in [-0.39, 0.29) is 11.9 Å². The molecule has 4 nitrogen and oxygen atoms in total. The number of amides is 1. The van der Waals surface area contributed by atoms with Crippen molar-refractivity contribution in [1.82, 2.24) is 9.80 Å². The fourth-order valence-corrected chi connectivity index (χ4v) is 2.82. The Bertz CT molecular complexity index is 525. The number of benzene rings is 1. The average Bonchev–Trinajstić information content (AvgIpc) is 2.54. The van der Waals surface area contributed by atoms with Crippen LogP contribution < -0.4 is 0 Å². The summed E-state index contributed by atoms with van der Waals surface area (Å²) in [5, 5.41) is 9.66. The molecule has 1 aromatic rings. The summed E-state index contributed by atoms with van der Waals surface area (Å²) >= 11 is 0. The highest BCUT2D eigenvalue weighted by Gasteiger charge is 2.38. The fourth-order valence-electron chi connectivity index (χ4n) is 2.82. The lowest BCUT2D eigenvalue weighted by atomic mass is 9.74. The first kappa shape index (κ1) is 15.5. The van der Waals surface area contributed by atoms with Crippen molar-refractivity contribution in [2.24, 2.45) is 0 Å². The van der Waals surface area contributed by atoms with Crippen molar-refractivity contribution in [1.29, 1.82) is 5.26 Å². The topological polar surface area (TPSA) is 47.3 Å². The smallest absolute Gasteiger partial charge is 0.239 e. The Hall–Kier alpha value is -1.86. The van der Waals surface area contributed by atoms with Gasteiger partial charge in [0.15, 0.2) is 0 Å². The monoisotopic (exact) mass is 285 g/mol. The maximum absolute atomic E-state index is 12.4. The average molecular weight is 285 g/mol. The highest BCUT2D eigenvalue weighted by Crippen LogP contribution is 2.35. The third kappa shape index (κ3) is 3.08. The van der Waals surface area contributed by atoms with Gasteiger partial charge in [-0.05, 0) is 39.4 Å². The van der Waals surface area contributed by atoms with Crippen molar-refractivity contribution >= 4 is 5.91 Å². The second-order valence-corrected chi connectivity index (χ2v) is 6.02. The van der Waals surface area contributed by atoms with E-state index in [1.807, 2.05) is 61.2 Å². The van der Waals surface area contributed by atoms with E-state index in [0.717, 1.165) is 5.56 Å². The SMILES string of the molecule is C[C@@H](C(=O)N1CCC(C#N)(c2ccccc2)CC1)N(C)C. The number of hydrogen-bond acceptors (Lipinski definition) is 3. The summed E-state index contributed by atoms with van der Waals surface area (Å²) in [5.74, 6) is 0.152. The van der Waals surface area contributed by atoms with Crippen molar-refractivity contribution in [3.63, 3.8) is 0 Å². The van der Waals surface area contributed by atoms with Crippen LogP contribution >= 0.6 is 0 Å². The molecule has 2 rings (SSSR count). The van der Waals surface area contributed by atoms with Gasteiger partial charge in [-0.3, -0.25) is 9.69 Å². The van der Waals surface area contributed by atoms with Crippen molar-refractivity contribution in [2.75, 3.05) is 27.2 Å². The van der Waals surface area contributed by atoms with Crippen LogP contribution in [0.1, 0.15) is 25.3 Å². The zero-order valence-corrected chi connectivity index (χ0v) is 13.0. The number of piperidine rings is 1. The molecule has 21 heavy (non-hydrogen) atoms. The van der Waals surface area contributed by atoms with Gasteiger partial charge in [-0.25, -0.2) is 0 Å². The molecule has 1 saturated heterocycles. The minimum absolute atomic E-state index is 0.115. The molecule has 1 amide bonds. The Kier molecular flexibility index (Phi) is 4.64. The van der Waals surface area contributed by atoms with Crippen LogP contribution in [0.5, 0.6) is 0 Å². The van der Waals surface area contributed by atoms with Crippen LogP contribution in [0.15, 0.2) is 30.3 Å². The molecule has 1 aliphatic heterocycles. The summed E-state index contributed by atoms with van der Waals surface area (Å²) < 4.78 is 0. The third-order valence-corrected chi connectivity index (χ3v) is 4.60. The van der Waals surface area contributed by atoms with Gasteiger partial charge in [-0.2, -0.15) is 5.26 Å². The second-order valence-electron chi connectivity index (χ2n) is 6.02. The number of carbonyl (C=O) groups is 1. The molecule has 1 fully saturated rings. The fraction of sp³-hybridized carbons (Fsp3) is 0.529. The van der Waals surface area contributed by atoms with Crippen LogP contribution in [0.4, 0.5) is 0 Å². The maximum Gasteiger partial charge on any atom is 0.239 e. The number of likely N-dealkylation sites (tertiary alicyclic amines) is 1. The molecule has 4 heteroatoms. The molecule has 0 unspecified atom stereocenters. The van der Waals surface area contributed by atoms with Gasteiger partial charge in [0.05, 0.1) is 17.5 Å². The zero-order valence-electron chi connectivity index (χ0n) is 13.0. The van der Waals surface area contributed by atoms with Crippen LogP contribution in [0.3, 0.4) is 0 Å². The maximum atomic E-state index is 12.4. The summed E-state index contributed by atoms with van der Waals surface area (Å²) in [6.07, 6.45) is 1.42. The van der Waals surface area contributed by atoms with E-state index < -0.39 is 5.41 Å². The Morgan fingerprint density at radius 1 is 1.29 bits per heavy atom. The van der Waals surface area contributed by atoms with E-state index in [1.54, 1.807) is 0 Å². The summed E-state index contributed by atoms with van der Waals surface area (Å²) in [5.41, 5.74) is 0.625. The van der Waals surface area contributed by atoms with Crippen molar-refractivity contribution in [2.45, 2.75) is 31.2 Å². The van der Waals surface area contributed by atoms with Crippen LogP contribution in [-0.2, 0) is 10.2 Å². The van der Waals surface area contributed by atoms with Gasteiger partial charge in [0.2, 0.25) is 5.91 Å². The molecule has 1 aliphatic rings. The van der Waals surface area contributed by atoms with E-state index in [0.29, 0.717) is 25.9 Å². The number of nitrogens with zero attached hydrogens (tertiary/aromatic N) is 3. The molecule has 0 spiro atoms. The molecule has 0 bridgehead atoms. The normalized spacial score (nSPS) is 19.1. The van der Waals surface area contributed by atoms with E-state index in [2.05, 4.69) is 6.07 Å². The van der Waals surface area contributed by atoms with Gasteiger partial charge < -0.3 is 4.90 Å². The number of hydrogen-bond donors (Lipinski definition) is 0. The second kappa shape index (κ2) is 6.28. The predicted molar refractivity (Wildman–Crippen MR) is 82.7 cm³/mol. The molecule has 0 saturated carbocycles. The quantitative estimate of drug-likeness (QED) is 0.853. The molecule has 0 N–H and O–H groups in total. The standard InChI is InChI=1S/C17H23N3O/c1-14(19(2)3)16(21)20-11-9-17(13-18,10-12-20)15-7-5-4-6-8-15/h4-8,14H,9-12H2,1-3H3/t14-/m0/s1. The number of carbonyl (C=O) groups excluding carboxylic acids is 1. The molecule has 0 radical (unpaired) electrons. The Labute approximate surface area is 127 Å². The molecule has 112 valence electrons. The number of likely N-dealkylation sites (N-methyl/N-ethyl adjacent to an activating group) is 1. The molecule has 1 heterocycles. The van der Waals surface area contributed by atoms with Gasteiger partial charge in [0, 0.05) is 13.1 Å². The lowest BCUT2D eigenvalue weighted by molar-refractivity contribution is -0.136.